The lowest BCUT2D eigenvalue weighted by atomic mass is 9.92. The highest BCUT2D eigenvalue weighted by Crippen LogP contribution is 2.29. The summed E-state index contributed by atoms with van der Waals surface area (Å²) < 4.78 is 22.6. The third-order valence-corrected chi connectivity index (χ3v) is 6.89. The van der Waals surface area contributed by atoms with Crippen molar-refractivity contribution < 1.29 is 53.8 Å². The Hall–Kier alpha value is -2.15. The second-order valence-electron chi connectivity index (χ2n) is 10.4. The number of allylic oxidation sites excluding steroid dienone is 1. The van der Waals surface area contributed by atoms with Crippen LogP contribution in [0, 0.1) is 11.8 Å². The smallest absolute Gasteiger partial charge is 0.311 e. The predicted octanol–water partition coefficient (Wildman–Crippen LogP) is 0.953. The molecule has 11 nitrogen and oxygen atoms in total. The van der Waals surface area contributed by atoms with Crippen LogP contribution in [0.15, 0.2) is 23.3 Å². The molecule has 0 aliphatic carbocycles. The highest BCUT2D eigenvalue weighted by atomic mass is 16.7. The number of aliphatic hydroxyl groups excluding tert-OH is 4. The summed E-state index contributed by atoms with van der Waals surface area (Å²) in [6.07, 6.45) is -7.32. The quantitative estimate of drug-likeness (QED) is 0.267. The van der Waals surface area contributed by atoms with Gasteiger partial charge in [-0.15, -0.1) is 0 Å². The van der Waals surface area contributed by atoms with Gasteiger partial charge in [0.2, 0.25) is 0 Å². The molecule has 1 saturated heterocycles. The average Bonchev–Trinajstić information content (AvgIpc) is 3.13. The number of aliphatic hydroxyl groups is 4. The topological polar surface area (TPSA) is 169 Å². The van der Waals surface area contributed by atoms with Crippen LogP contribution < -0.4 is 0 Å². The van der Waals surface area contributed by atoms with Gasteiger partial charge in [0.1, 0.15) is 30.5 Å². The second-order valence-corrected chi connectivity index (χ2v) is 10.4. The zero-order valence-electron chi connectivity index (χ0n) is 22.9. The van der Waals surface area contributed by atoms with E-state index in [1.54, 1.807) is 32.9 Å². The van der Waals surface area contributed by atoms with Crippen molar-refractivity contribution in [3.63, 3.8) is 0 Å². The van der Waals surface area contributed by atoms with Gasteiger partial charge < -0.3 is 39.4 Å². The van der Waals surface area contributed by atoms with E-state index in [-0.39, 0.29) is 18.8 Å². The number of hydrogen-bond acceptors (Lipinski definition) is 11. The molecule has 0 aromatic carbocycles. The Labute approximate surface area is 223 Å². The van der Waals surface area contributed by atoms with Gasteiger partial charge in [0.15, 0.2) is 18.2 Å². The summed E-state index contributed by atoms with van der Waals surface area (Å²) in [6, 6.07) is 0. The van der Waals surface area contributed by atoms with E-state index in [4.69, 9.17) is 18.9 Å². The minimum Gasteiger partial charge on any atom is -0.457 e. The number of ether oxygens (including phenoxy) is 4. The molecule has 0 amide bonds. The number of rotatable bonds is 7. The maximum Gasteiger partial charge on any atom is 0.311 e. The number of carbonyl (C=O) groups is 3. The fraction of sp³-hybridized carbons (Fsp3) is 0.741. The van der Waals surface area contributed by atoms with Gasteiger partial charge in [-0.1, -0.05) is 26.0 Å². The van der Waals surface area contributed by atoms with Crippen molar-refractivity contribution in [2.45, 2.75) is 110 Å². The van der Waals surface area contributed by atoms with Gasteiger partial charge in [0.25, 0.3) is 0 Å². The molecule has 0 bridgehead atoms. The number of hydrogen-bond donors (Lipinski definition) is 4. The molecule has 0 unspecified atom stereocenters. The molecule has 11 heteroatoms. The summed E-state index contributed by atoms with van der Waals surface area (Å²) in [5.41, 5.74) is 1.17. The summed E-state index contributed by atoms with van der Waals surface area (Å²) >= 11 is 0. The first-order valence-corrected chi connectivity index (χ1v) is 13.0. The van der Waals surface area contributed by atoms with Crippen LogP contribution >= 0.6 is 0 Å². The first kappa shape index (κ1) is 32.1. The zero-order valence-corrected chi connectivity index (χ0v) is 22.9. The van der Waals surface area contributed by atoms with E-state index in [2.05, 4.69) is 0 Å². The maximum absolute atomic E-state index is 13.4. The molecule has 4 N–H and O–H groups in total. The van der Waals surface area contributed by atoms with Crippen LogP contribution in [0.4, 0.5) is 0 Å². The Morgan fingerprint density at radius 3 is 2.39 bits per heavy atom. The molecule has 0 aromatic heterocycles. The van der Waals surface area contributed by atoms with Gasteiger partial charge in [0, 0.05) is 19.3 Å². The van der Waals surface area contributed by atoms with Crippen molar-refractivity contribution in [3.05, 3.63) is 23.3 Å². The molecule has 38 heavy (non-hydrogen) atoms. The molecular formula is C27H42O11. The van der Waals surface area contributed by atoms with Crippen molar-refractivity contribution in [1.82, 2.24) is 0 Å². The number of ketones is 1. The molecule has 0 radical (unpaired) electrons. The molecule has 0 saturated carbocycles. The molecule has 9 atom stereocenters. The summed E-state index contributed by atoms with van der Waals surface area (Å²) in [7, 11) is 0. The minimum atomic E-state index is -1.55. The Kier molecular flexibility index (Phi) is 12.1. The van der Waals surface area contributed by atoms with Crippen molar-refractivity contribution >= 4 is 17.7 Å². The number of esters is 2. The first-order chi connectivity index (χ1) is 17.8. The summed E-state index contributed by atoms with van der Waals surface area (Å²) in [5.74, 6) is -3.15. The van der Waals surface area contributed by atoms with E-state index in [0.717, 1.165) is 5.57 Å². The van der Waals surface area contributed by atoms with Gasteiger partial charge in [-0.05, 0) is 44.8 Å². The summed E-state index contributed by atoms with van der Waals surface area (Å²) in [6.45, 7) is 9.69. The molecule has 2 aliphatic rings. The predicted molar refractivity (Wildman–Crippen MR) is 134 cm³/mol. The van der Waals surface area contributed by atoms with Crippen molar-refractivity contribution in [2.75, 3.05) is 6.61 Å². The average molecular weight is 543 g/mol. The Balaban J connectivity index is 2.55. The standard InChI is InChI=1S/C27H42O11/c1-7-14(4)19-9-8-15(5)24(38-27-23(33)22(32)20(12-28)36-27)25(37-21(31)10-13(2)3)18(30)11-17(29)16(6)26(34)35-19/h7-8,13,16-17,19-20,22-25,27-29,32-33H,9-12H2,1-6H3/b14-7-,15-8+/t16-,17+,19+,20+,22+,23-,24+,25+,27+/m0/s1. The molecule has 216 valence electrons. The summed E-state index contributed by atoms with van der Waals surface area (Å²) in [4.78, 5) is 38.8. The SMILES string of the molecule is C/C=C(/C)[C@H]1C/C=C(\C)[C@@H](O[C@H]2O[C@H](CO)[C@@H](O)[C@@H]2O)[C@H](OC(=O)CC(C)C)C(=O)C[C@@H](O)[C@H](C)C(=O)O1. The van der Waals surface area contributed by atoms with E-state index in [0.29, 0.717) is 5.57 Å². The molecule has 0 aromatic rings. The van der Waals surface area contributed by atoms with Gasteiger partial charge in [-0.25, -0.2) is 0 Å². The van der Waals surface area contributed by atoms with E-state index >= 15 is 0 Å². The molecule has 2 heterocycles. The van der Waals surface area contributed by atoms with Crippen LogP contribution in [0.1, 0.15) is 60.8 Å². The number of carbonyl (C=O) groups excluding carboxylic acids is 3. The first-order valence-electron chi connectivity index (χ1n) is 13.0. The lowest BCUT2D eigenvalue weighted by Crippen LogP contribution is -2.47. The van der Waals surface area contributed by atoms with Gasteiger partial charge in [0.05, 0.1) is 18.6 Å². The van der Waals surface area contributed by atoms with Crippen molar-refractivity contribution in [3.8, 4) is 0 Å². The lowest BCUT2D eigenvalue weighted by molar-refractivity contribution is -0.209. The third kappa shape index (κ3) is 8.17. The zero-order chi connectivity index (χ0) is 28.7. The highest BCUT2D eigenvalue weighted by molar-refractivity contribution is 5.87. The fourth-order valence-corrected chi connectivity index (χ4v) is 4.18. The van der Waals surface area contributed by atoms with Crippen LogP contribution in [-0.4, -0.2) is 93.8 Å². The molecule has 2 rings (SSSR count). The second kappa shape index (κ2) is 14.3. The summed E-state index contributed by atoms with van der Waals surface area (Å²) in [5, 5.41) is 40.8. The number of cyclic esters (lactones) is 1. The van der Waals surface area contributed by atoms with E-state index < -0.39 is 85.7 Å². The minimum absolute atomic E-state index is 0.0148. The molecule has 2 aliphatic heterocycles. The highest BCUT2D eigenvalue weighted by Gasteiger charge is 2.47. The fourth-order valence-electron chi connectivity index (χ4n) is 4.18. The molecule has 0 spiro atoms. The van der Waals surface area contributed by atoms with Gasteiger partial charge in [-0.3, -0.25) is 14.4 Å². The Bertz CT molecular complexity index is 895. The largest absolute Gasteiger partial charge is 0.457 e. The number of Topliss-reactive ketones (excluding diaryl/α,β-unsaturated/α-hetero) is 1. The maximum atomic E-state index is 13.4. The van der Waals surface area contributed by atoms with Crippen LogP contribution in [-0.2, 0) is 33.3 Å². The van der Waals surface area contributed by atoms with E-state index in [9.17, 15) is 34.8 Å². The Morgan fingerprint density at radius 1 is 1.18 bits per heavy atom. The van der Waals surface area contributed by atoms with Crippen LogP contribution in [0.2, 0.25) is 0 Å². The monoisotopic (exact) mass is 542 g/mol. The third-order valence-electron chi connectivity index (χ3n) is 6.89. The van der Waals surface area contributed by atoms with Crippen LogP contribution in [0.5, 0.6) is 0 Å². The lowest BCUT2D eigenvalue weighted by Gasteiger charge is -2.32. The van der Waals surface area contributed by atoms with Crippen LogP contribution in [0.25, 0.3) is 0 Å². The normalized spacial score (nSPS) is 37.2. The molecular weight excluding hydrogens is 500 g/mol. The van der Waals surface area contributed by atoms with E-state index in [1.165, 1.54) is 6.92 Å². The van der Waals surface area contributed by atoms with Gasteiger partial charge >= 0.3 is 11.9 Å². The van der Waals surface area contributed by atoms with Gasteiger partial charge in [-0.2, -0.15) is 0 Å². The van der Waals surface area contributed by atoms with Crippen molar-refractivity contribution in [1.29, 1.82) is 0 Å². The van der Waals surface area contributed by atoms with E-state index in [1.807, 2.05) is 13.8 Å². The Morgan fingerprint density at radius 2 is 1.84 bits per heavy atom. The van der Waals surface area contributed by atoms with Crippen LogP contribution in [0.3, 0.4) is 0 Å². The van der Waals surface area contributed by atoms with Crippen molar-refractivity contribution in [2.24, 2.45) is 11.8 Å². The molecule has 1 fully saturated rings.